The second kappa shape index (κ2) is 5.18. The molecule has 0 aliphatic rings. The number of imidazole rings is 1. The molecule has 0 fully saturated rings. The summed E-state index contributed by atoms with van der Waals surface area (Å²) >= 11 is 0.902. The molecule has 0 radical (unpaired) electrons. The fourth-order valence-electron chi connectivity index (χ4n) is 1.89. The van der Waals surface area contributed by atoms with Crippen molar-refractivity contribution < 1.29 is 17.9 Å². The number of esters is 1. The molecule has 9 heteroatoms. The Bertz CT molecular complexity index is 955. The minimum Gasteiger partial charge on any atom is -0.464 e. The van der Waals surface area contributed by atoms with Crippen LogP contribution < -0.4 is 0 Å². The third-order valence-corrected chi connectivity index (χ3v) is 5.54. The van der Waals surface area contributed by atoms with Gasteiger partial charge in [0.15, 0.2) is 5.69 Å². The molecule has 22 heavy (non-hydrogen) atoms. The van der Waals surface area contributed by atoms with Gasteiger partial charge < -0.3 is 4.74 Å². The van der Waals surface area contributed by atoms with E-state index in [1.807, 2.05) is 6.92 Å². The SMILES string of the molecule is COC(=O)c1cn2c(S(=O)(=O)c3ccc(C)cc3)nsc2n1. The molecule has 3 aromatic rings. The lowest BCUT2D eigenvalue weighted by Gasteiger charge is -2.02. The standard InChI is InChI=1S/C13H11N3O4S2/c1-8-3-5-9(6-4-8)22(18,19)13-15-21-12-14-10(7-16(12)13)11(17)20-2/h3-7H,1-2H3. The highest BCUT2D eigenvalue weighted by Gasteiger charge is 2.26. The number of ether oxygens (including phenoxy) is 1. The van der Waals surface area contributed by atoms with Gasteiger partial charge in [-0.15, -0.1) is 0 Å². The first kappa shape index (κ1) is 14.7. The molecular weight excluding hydrogens is 326 g/mol. The number of carbonyl (C=O) groups is 1. The minimum atomic E-state index is -3.79. The van der Waals surface area contributed by atoms with Gasteiger partial charge in [0.05, 0.1) is 12.0 Å². The van der Waals surface area contributed by atoms with Crippen molar-refractivity contribution in [2.75, 3.05) is 7.11 Å². The van der Waals surface area contributed by atoms with Crippen molar-refractivity contribution in [3.05, 3.63) is 41.7 Å². The molecule has 3 rings (SSSR count). The lowest BCUT2D eigenvalue weighted by molar-refractivity contribution is 0.0595. The molecule has 0 unspecified atom stereocenters. The van der Waals surface area contributed by atoms with E-state index in [2.05, 4.69) is 14.1 Å². The molecule has 0 atom stereocenters. The number of carbonyl (C=O) groups excluding carboxylic acids is 1. The molecule has 2 aromatic heterocycles. The van der Waals surface area contributed by atoms with E-state index in [4.69, 9.17) is 0 Å². The van der Waals surface area contributed by atoms with E-state index >= 15 is 0 Å². The molecule has 0 saturated heterocycles. The second-order valence-corrected chi connectivity index (χ2v) is 7.13. The van der Waals surface area contributed by atoms with Crippen molar-refractivity contribution in [3.63, 3.8) is 0 Å². The Balaban J connectivity index is 2.14. The molecule has 0 saturated carbocycles. The summed E-state index contributed by atoms with van der Waals surface area (Å²) in [7, 11) is -2.55. The van der Waals surface area contributed by atoms with Crippen LogP contribution in [0.2, 0.25) is 0 Å². The Hall–Kier alpha value is -2.26. The number of rotatable bonds is 3. The van der Waals surface area contributed by atoms with Gasteiger partial charge in [-0.25, -0.2) is 18.2 Å². The predicted molar refractivity (Wildman–Crippen MR) is 78.8 cm³/mol. The molecule has 0 amide bonds. The first-order valence-electron chi connectivity index (χ1n) is 6.18. The largest absolute Gasteiger partial charge is 0.464 e. The minimum absolute atomic E-state index is 0.0384. The monoisotopic (exact) mass is 337 g/mol. The normalized spacial score (nSPS) is 11.7. The quantitative estimate of drug-likeness (QED) is 0.676. The van der Waals surface area contributed by atoms with Crippen molar-refractivity contribution in [3.8, 4) is 0 Å². The first-order chi connectivity index (χ1) is 10.4. The maximum Gasteiger partial charge on any atom is 0.358 e. The number of nitrogens with zero attached hydrogens (tertiary/aromatic N) is 3. The van der Waals surface area contributed by atoms with Gasteiger partial charge in [-0.2, -0.15) is 4.37 Å². The van der Waals surface area contributed by atoms with E-state index in [1.165, 1.54) is 29.8 Å². The van der Waals surface area contributed by atoms with Crippen LogP contribution >= 0.6 is 11.5 Å². The van der Waals surface area contributed by atoms with Crippen molar-refractivity contribution in [1.82, 2.24) is 13.8 Å². The zero-order valence-corrected chi connectivity index (χ0v) is 13.3. The van der Waals surface area contributed by atoms with Crippen LogP contribution in [0.4, 0.5) is 0 Å². The number of aromatic nitrogens is 3. The van der Waals surface area contributed by atoms with Crippen LogP contribution in [0.25, 0.3) is 4.96 Å². The van der Waals surface area contributed by atoms with E-state index < -0.39 is 15.8 Å². The van der Waals surface area contributed by atoms with E-state index in [0.717, 1.165) is 17.1 Å². The maximum atomic E-state index is 12.6. The highest BCUT2D eigenvalue weighted by molar-refractivity contribution is 7.91. The highest BCUT2D eigenvalue weighted by atomic mass is 32.2. The van der Waals surface area contributed by atoms with Crippen LogP contribution in [-0.2, 0) is 14.6 Å². The van der Waals surface area contributed by atoms with Gasteiger partial charge in [0, 0.05) is 17.7 Å². The molecule has 0 aliphatic carbocycles. The maximum absolute atomic E-state index is 12.6. The van der Waals surface area contributed by atoms with E-state index in [-0.39, 0.29) is 15.7 Å². The van der Waals surface area contributed by atoms with Gasteiger partial charge in [-0.3, -0.25) is 4.40 Å². The van der Waals surface area contributed by atoms with Crippen molar-refractivity contribution in [2.45, 2.75) is 17.0 Å². The first-order valence-corrected chi connectivity index (χ1v) is 8.44. The van der Waals surface area contributed by atoms with Crippen molar-refractivity contribution >= 4 is 32.3 Å². The van der Waals surface area contributed by atoms with Gasteiger partial charge in [0.25, 0.3) is 0 Å². The van der Waals surface area contributed by atoms with Crippen LogP contribution in [0.5, 0.6) is 0 Å². The Morgan fingerprint density at radius 1 is 1.27 bits per heavy atom. The lowest BCUT2D eigenvalue weighted by atomic mass is 10.2. The molecular formula is C13H11N3O4S2. The Morgan fingerprint density at radius 2 is 1.95 bits per heavy atom. The van der Waals surface area contributed by atoms with E-state index in [9.17, 15) is 13.2 Å². The number of sulfone groups is 1. The van der Waals surface area contributed by atoms with Crippen LogP contribution in [0.3, 0.4) is 0 Å². The summed E-state index contributed by atoms with van der Waals surface area (Å²) in [5.74, 6) is -0.630. The summed E-state index contributed by atoms with van der Waals surface area (Å²) in [5.41, 5.74) is 0.995. The average Bonchev–Trinajstić information content (AvgIpc) is 3.06. The van der Waals surface area contributed by atoms with Crippen LogP contribution in [-0.4, -0.2) is 35.3 Å². The summed E-state index contributed by atoms with van der Waals surface area (Å²) in [5, 5.41) is -0.168. The Morgan fingerprint density at radius 3 is 2.59 bits per heavy atom. The Kier molecular flexibility index (Phi) is 3.45. The van der Waals surface area contributed by atoms with Gasteiger partial charge in [-0.05, 0) is 19.1 Å². The number of aryl methyl sites for hydroxylation is 1. The zero-order chi connectivity index (χ0) is 15.9. The van der Waals surface area contributed by atoms with Gasteiger partial charge in [-0.1, -0.05) is 17.7 Å². The third kappa shape index (κ3) is 2.28. The lowest BCUT2D eigenvalue weighted by Crippen LogP contribution is -2.07. The van der Waals surface area contributed by atoms with Gasteiger partial charge in [0.2, 0.25) is 20.0 Å². The number of hydrogen-bond donors (Lipinski definition) is 0. The van der Waals surface area contributed by atoms with Gasteiger partial charge in [0.1, 0.15) is 0 Å². The summed E-state index contributed by atoms with van der Waals surface area (Å²) < 4.78 is 35.1. The fourth-order valence-corrected chi connectivity index (χ4v) is 4.17. The molecule has 7 nitrogen and oxygen atoms in total. The number of hydrogen-bond acceptors (Lipinski definition) is 7. The third-order valence-electron chi connectivity index (χ3n) is 3.05. The van der Waals surface area contributed by atoms with Crippen molar-refractivity contribution in [1.29, 1.82) is 0 Å². The topological polar surface area (TPSA) is 90.6 Å². The predicted octanol–water partition coefficient (Wildman–Crippen LogP) is 1.72. The van der Waals surface area contributed by atoms with Gasteiger partial charge >= 0.3 is 5.97 Å². The smallest absolute Gasteiger partial charge is 0.358 e. The van der Waals surface area contributed by atoms with E-state index in [1.54, 1.807) is 12.1 Å². The summed E-state index contributed by atoms with van der Waals surface area (Å²) in [4.78, 5) is 15.9. The number of fused-ring (bicyclic) bond motifs is 1. The summed E-state index contributed by atoms with van der Waals surface area (Å²) in [6, 6.07) is 6.47. The summed E-state index contributed by atoms with van der Waals surface area (Å²) in [6.45, 7) is 1.87. The molecule has 0 aliphatic heterocycles. The molecule has 2 heterocycles. The zero-order valence-electron chi connectivity index (χ0n) is 11.7. The van der Waals surface area contributed by atoms with Crippen LogP contribution in [0, 0.1) is 6.92 Å². The molecule has 0 spiro atoms. The molecule has 1 aromatic carbocycles. The summed E-state index contributed by atoms with van der Waals surface area (Å²) in [6.07, 6.45) is 1.31. The fraction of sp³-hybridized carbons (Fsp3) is 0.154. The molecule has 114 valence electrons. The van der Waals surface area contributed by atoms with Crippen LogP contribution in [0.15, 0.2) is 40.5 Å². The Labute approximate surface area is 130 Å². The molecule has 0 N–H and O–H groups in total. The van der Waals surface area contributed by atoms with Crippen molar-refractivity contribution in [2.24, 2.45) is 0 Å². The second-order valence-electron chi connectivity index (χ2n) is 4.55. The molecule has 0 bridgehead atoms. The number of benzene rings is 1. The number of methoxy groups -OCH3 is 1. The average molecular weight is 337 g/mol. The van der Waals surface area contributed by atoms with E-state index in [0.29, 0.717) is 4.96 Å². The highest BCUT2D eigenvalue weighted by Crippen LogP contribution is 2.23. The van der Waals surface area contributed by atoms with Crippen LogP contribution in [0.1, 0.15) is 16.1 Å².